The molecule has 1 heterocycles. The molecule has 4 rings (SSSR count). The van der Waals surface area contributed by atoms with Gasteiger partial charge in [0.2, 0.25) is 0 Å². The summed E-state index contributed by atoms with van der Waals surface area (Å²) < 4.78 is 2.30. The molecule has 0 radical (unpaired) electrons. The molecule has 0 spiro atoms. The zero-order chi connectivity index (χ0) is 27.9. The Morgan fingerprint density at radius 2 is 1.71 bits per heavy atom. The number of amides is 1. The molecular weight excluding hydrogens is 472 g/mol. The fourth-order valence-corrected chi connectivity index (χ4v) is 5.71. The Balaban J connectivity index is 1.72. The Morgan fingerprint density at radius 3 is 2.29 bits per heavy atom. The molecule has 0 aliphatic heterocycles. The van der Waals surface area contributed by atoms with Crippen LogP contribution in [0.1, 0.15) is 126 Å². The maximum Gasteiger partial charge on any atom is 0.309 e. The van der Waals surface area contributed by atoms with E-state index in [9.17, 15) is 14.7 Å². The van der Waals surface area contributed by atoms with Crippen LogP contribution in [-0.4, -0.2) is 28.1 Å². The monoisotopic (exact) mass is 520 g/mol. The molecule has 208 valence electrons. The van der Waals surface area contributed by atoms with Crippen molar-refractivity contribution in [3.8, 4) is 5.69 Å². The Labute approximate surface area is 229 Å². The molecule has 2 fully saturated rings. The van der Waals surface area contributed by atoms with Crippen LogP contribution in [0, 0.1) is 18.3 Å². The third-order valence-electron chi connectivity index (χ3n) is 9.21. The van der Waals surface area contributed by atoms with Crippen molar-refractivity contribution in [2.75, 3.05) is 6.54 Å². The van der Waals surface area contributed by atoms with Gasteiger partial charge in [-0.05, 0) is 92.0 Å². The fraction of sp³-hybridized carbons (Fsp3) is 0.636. The van der Waals surface area contributed by atoms with Gasteiger partial charge in [0.15, 0.2) is 0 Å². The van der Waals surface area contributed by atoms with E-state index in [1.54, 1.807) is 13.8 Å². The van der Waals surface area contributed by atoms with E-state index in [1.807, 2.05) is 6.20 Å². The quantitative estimate of drug-likeness (QED) is 0.360. The van der Waals surface area contributed by atoms with Crippen molar-refractivity contribution in [1.29, 1.82) is 0 Å². The second-order valence-corrected chi connectivity index (χ2v) is 14.0. The topological polar surface area (TPSA) is 71.3 Å². The van der Waals surface area contributed by atoms with E-state index in [-0.39, 0.29) is 16.7 Å². The highest BCUT2D eigenvalue weighted by Gasteiger charge is 2.40. The number of carbonyl (C=O) groups is 2. The van der Waals surface area contributed by atoms with Crippen LogP contribution in [-0.2, 0) is 22.0 Å². The van der Waals surface area contributed by atoms with Crippen molar-refractivity contribution in [3.05, 3.63) is 52.3 Å². The number of aromatic nitrogens is 1. The maximum atomic E-state index is 13.4. The molecular formula is C33H48N2O3. The second-order valence-electron chi connectivity index (χ2n) is 14.0. The lowest BCUT2D eigenvalue weighted by Crippen LogP contribution is -2.32. The predicted octanol–water partition coefficient (Wildman–Crippen LogP) is 7.49. The number of carbonyl (C=O) groups excluding carboxylic acids is 1. The summed E-state index contributed by atoms with van der Waals surface area (Å²) in [4.78, 5) is 24.9. The number of rotatable bonds is 9. The zero-order valence-electron chi connectivity index (χ0n) is 24.7. The number of aliphatic carboxylic acids is 1. The minimum Gasteiger partial charge on any atom is -0.481 e. The molecule has 0 saturated heterocycles. The highest BCUT2D eigenvalue weighted by Crippen LogP contribution is 2.49. The Kier molecular flexibility index (Phi) is 7.89. The molecule has 2 saturated carbocycles. The molecule has 0 bridgehead atoms. The van der Waals surface area contributed by atoms with Gasteiger partial charge in [0.25, 0.3) is 5.91 Å². The summed E-state index contributed by atoms with van der Waals surface area (Å²) in [5.74, 6) is -0.314. The van der Waals surface area contributed by atoms with Crippen LogP contribution in [0.5, 0.6) is 0 Å². The summed E-state index contributed by atoms with van der Waals surface area (Å²) in [6.07, 6.45) is 12.3. The van der Waals surface area contributed by atoms with E-state index in [4.69, 9.17) is 0 Å². The molecule has 5 nitrogen and oxygen atoms in total. The molecule has 1 aromatic carbocycles. The summed E-state index contributed by atoms with van der Waals surface area (Å²) >= 11 is 0. The highest BCUT2D eigenvalue weighted by atomic mass is 16.4. The Hall–Kier alpha value is -2.56. The van der Waals surface area contributed by atoms with Gasteiger partial charge in [0.05, 0.1) is 11.0 Å². The van der Waals surface area contributed by atoms with E-state index in [1.165, 1.54) is 61.8 Å². The number of benzene rings is 1. The number of carboxylic acid groups (broad SMARTS) is 1. The SMILES string of the molecule is Cc1c(C(=O)NCCC(C)(C)C(=O)O)cn(-c2cc(C(C)(C)C)cc(C3(C)CC3)c2)c1CC1CCCCC1. The molecule has 1 aromatic heterocycles. The van der Waals surface area contributed by atoms with Crippen LogP contribution in [0.3, 0.4) is 0 Å². The van der Waals surface area contributed by atoms with Crippen LogP contribution >= 0.6 is 0 Å². The number of nitrogens with one attached hydrogen (secondary N) is 1. The van der Waals surface area contributed by atoms with E-state index < -0.39 is 11.4 Å². The number of carboxylic acids is 1. The number of hydrogen-bond donors (Lipinski definition) is 2. The zero-order valence-corrected chi connectivity index (χ0v) is 24.7. The largest absolute Gasteiger partial charge is 0.481 e. The minimum atomic E-state index is -0.872. The molecule has 2 aromatic rings. The van der Waals surface area contributed by atoms with Crippen molar-refractivity contribution in [3.63, 3.8) is 0 Å². The van der Waals surface area contributed by atoms with Gasteiger partial charge in [-0.25, -0.2) is 0 Å². The standard InChI is InChI=1S/C33H48N2O3/c1-22-27(29(36)34-16-15-32(5,6)30(37)38)21-35(28(22)17-23-11-9-8-10-12-23)26-19-24(31(2,3)4)18-25(20-26)33(7)13-14-33/h18-21,23H,8-17H2,1-7H3,(H,34,36)(H,37,38). The molecule has 38 heavy (non-hydrogen) atoms. The van der Waals surface area contributed by atoms with Crippen LogP contribution in [0.15, 0.2) is 24.4 Å². The van der Waals surface area contributed by atoms with Crippen molar-refractivity contribution in [2.45, 2.75) is 117 Å². The van der Waals surface area contributed by atoms with Crippen LogP contribution in [0.4, 0.5) is 0 Å². The first-order valence-electron chi connectivity index (χ1n) is 14.6. The summed E-state index contributed by atoms with van der Waals surface area (Å²) in [5, 5.41) is 12.4. The van der Waals surface area contributed by atoms with Gasteiger partial charge in [0.1, 0.15) is 0 Å². The van der Waals surface area contributed by atoms with E-state index in [0.717, 1.165) is 17.7 Å². The minimum absolute atomic E-state index is 0.0267. The van der Waals surface area contributed by atoms with Gasteiger partial charge < -0.3 is 15.0 Å². The van der Waals surface area contributed by atoms with Gasteiger partial charge in [-0.2, -0.15) is 0 Å². The Bertz CT molecular complexity index is 1160. The maximum absolute atomic E-state index is 13.4. The molecule has 2 aliphatic carbocycles. The summed E-state index contributed by atoms with van der Waals surface area (Å²) in [6, 6.07) is 7.06. The average Bonchev–Trinajstić information content (AvgIpc) is 3.53. The third kappa shape index (κ3) is 6.18. The van der Waals surface area contributed by atoms with Gasteiger partial charge in [0, 0.05) is 24.1 Å². The van der Waals surface area contributed by atoms with E-state index in [2.05, 4.69) is 62.7 Å². The van der Waals surface area contributed by atoms with Crippen molar-refractivity contribution in [1.82, 2.24) is 9.88 Å². The Morgan fingerprint density at radius 1 is 1.05 bits per heavy atom. The summed E-state index contributed by atoms with van der Waals surface area (Å²) in [6.45, 7) is 15.0. The highest BCUT2D eigenvalue weighted by molar-refractivity contribution is 5.96. The summed E-state index contributed by atoms with van der Waals surface area (Å²) in [5.41, 5.74) is 6.27. The van der Waals surface area contributed by atoms with Gasteiger partial charge in [-0.15, -0.1) is 0 Å². The van der Waals surface area contributed by atoms with Crippen LogP contribution in [0.2, 0.25) is 0 Å². The normalized spacial score (nSPS) is 17.9. The lowest BCUT2D eigenvalue weighted by Gasteiger charge is -2.25. The van der Waals surface area contributed by atoms with Crippen LogP contribution < -0.4 is 5.32 Å². The van der Waals surface area contributed by atoms with Gasteiger partial charge in [-0.3, -0.25) is 9.59 Å². The van der Waals surface area contributed by atoms with Crippen LogP contribution in [0.25, 0.3) is 5.69 Å². The smallest absolute Gasteiger partial charge is 0.309 e. The number of nitrogens with zero attached hydrogens (tertiary/aromatic N) is 1. The van der Waals surface area contributed by atoms with Crippen molar-refractivity contribution >= 4 is 11.9 Å². The molecule has 0 atom stereocenters. The predicted molar refractivity (Wildman–Crippen MR) is 154 cm³/mol. The van der Waals surface area contributed by atoms with Gasteiger partial charge >= 0.3 is 5.97 Å². The van der Waals surface area contributed by atoms with E-state index in [0.29, 0.717) is 24.4 Å². The lowest BCUT2D eigenvalue weighted by atomic mass is 9.83. The molecule has 2 aliphatic rings. The van der Waals surface area contributed by atoms with Crippen molar-refractivity contribution in [2.24, 2.45) is 11.3 Å². The fourth-order valence-electron chi connectivity index (χ4n) is 5.71. The third-order valence-corrected chi connectivity index (χ3v) is 9.21. The molecule has 1 amide bonds. The average molecular weight is 521 g/mol. The second kappa shape index (κ2) is 10.5. The van der Waals surface area contributed by atoms with E-state index >= 15 is 0 Å². The first-order chi connectivity index (χ1) is 17.7. The first kappa shape index (κ1) is 28.4. The van der Waals surface area contributed by atoms with Crippen molar-refractivity contribution < 1.29 is 14.7 Å². The van der Waals surface area contributed by atoms with Gasteiger partial charge in [-0.1, -0.05) is 65.9 Å². The first-order valence-corrected chi connectivity index (χ1v) is 14.6. The summed E-state index contributed by atoms with van der Waals surface area (Å²) in [7, 11) is 0. The molecule has 2 N–H and O–H groups in total. The molecule has 5 heteroatoms. The lowest BCUT2D eigenvalue weighted by molar-refractivity contribution is -0.147. The number of hydrogen-bond acceptors (Lipinski definition) is 2. The molecule has 0 unspecified atom stereocenters.